The maximum Gasteiger partial charge on any atom is 0.261 e. The molecule has 0 heterocycles. The lowest BCUT2D eigenvalue weighted by Crippen LogP contribution is -2.66. The van der Waals surface area contributed by atoms with Crippen LogP contribution in [0.3, 0.4) is 0 Å². The summed E-state index contributed by atoms with van der Waals surface area (Å²) in [5.41, 5.74) is 0. The van der Waals surface area contributed by atoms with Crippen molar-refractivity contribution in [2.75, 3.05) is 6.61 Å². The Labute approximate surface area is 141 Å². The fourth-order valence-corrected chi connectivity index (χ4v) is 8.13. The highest BCUT2D eigenvalue weighted by Gasteiger charge is 2.51. The summed E-state index contributed by atoms with van der Waals surface area (Å²) in [6.07, 6.45) is 1.21. The Hall–Kier alpha value is -1.38. The minimum Gasteiger partial charge on any atom is -0.407 e. The summed E-state index contributed by atoms with van der Waals surface area (Å²) in [7, 11) is -2.33. The Morgan fingerprint density at radius 1 is 0.957 bits per heavy atom. The Morgan fingerprint density at radius 2 is 1.39 bits per heavy atom. The van der Waals surface area contributed by atoms with Crippen LogP contribution in [0, 0.1) is 18.8 Å². The van der Waals surface area contributed by atoms with E-state index in [1.807, 2.05) is 0 Å². The minimum atomic E-state index is -2.33. The van der Waals surface area contributed by atoms with Gasteiger partial charge in [0.05, 0.1) is 0 Å². The lowest BCUT2D eigenvalue weighted by molar-refractivity contribution is 0.277. The van der Waals surface area contributed by atoms with E-state index >= 15 is 0 Å². The van der Waals surface area contributed by atoms with Gasteiger partial charge in [0.1, 0.15) is 0 Å². The van der Waals surface area contributed by atoms with Crippen LogP contribution in [0.2, 0.25) is 5.04 Å². The Kier molecular flexibility index (Phi) is 4.48. The summed E-state index contributed by atoms with van der Waals surface area (Å²) in [6.45, 7) is 12.0. The lowest BCUT2D eigenvalue weighted by Gasteiger charge is -2.43. The summed E-state index contributed by atoms with van der Waals surface area (Å²) in [4.78, 5) is 0. The molecule has 2 heteroatoms. The zero-order valence-corrected chi connectivity index (χ0v) is 15.5. The zero-order chi connectivity index (χ0) is 16.5. The Balaban J connectivity index is 2.09. The van der Waals surface area contributed by atoms with Crippen molar-refractivity contribution in [3.05, 3.63) is 67.6 Å². The van der Waals surface area contributed by atoms with E-state index in [1.165, 1.54) is 16.8 Å². The van der Waals surface area contributed by atoms with Crippen molar-refractivity contribution in [2.45, 2.75) is 32.2 Å². The predicted octanol–water partition coefficient (Wildman–Crippen LogP) is 4.03. The highest BCUT2D eigenvalue weighted by Crippen LogP contribution is 2.41. The molecule has 0 amide bonds. The summed E-state index contributed by atoms with van der Waals surface area (Å²) >= 11 is 0. The fraction of sp³-hybridized carbons (Fsp3) is 0.381. The second-order valence-corrected chi connectivity index (χ2v) is 12.0. The van der Waals surface area contributed by atoms with Gasteiger partial charge in [-0.3, -0.25) is 0 Å². The van der Waals surface area contributed by atoms with Crippen LogP contribution >= 0.6 is 0 Å². The van der Waals surface area contributed by atoms with Gasteiger partial charge in [-0.15, -0.1) is 0 Å². The lowest BCUT2D eigenvalue weighted by atomic mass is 10.2. The highest BCUT2D eigenvalue weighted by molar-refractivity contribution is 6.99. The molecule has 121 valence electrons. The van der Waals surface area contributed by atoms with Gasteiger partial charge in [0.2, 0.25) is 0 Å². The molecule has 0 aromatic heterocycles. The molecule has 3 rings (SSSR count). The van der Waals surface area contributed by atoms with E-state index in [0.29, 0.717) is 11.8 Å². The molecule has 0 spiro atoms. The van der Waals surface area contributed by atoms with Crippen molar-refractivity contribution in [3.63, 3.8) is 0 Å². The molecule has 2 aromatic carbocycles. The van der Waals surface area contributed by atoms with Crippen LogP contribution in [0.25, 0.3) is 0 Å². The monoisotopic (exact) mass is 323 g/mol. The summed E-state index contributed by atoms with van der Waals surface area (Å²) in [5.74, 6) is 1.21. The molecule has 1 aliphatic rings. The molecule has 2 atom stereocenters. The van der Waals surface area contributed by atoms with E-state index in [-0.39, 0.29) is 5.04 Å². The zero-order valence-electron chi connectivity index (χ0n) is 14.5. The second-order valence-electron chi connectivity index (χ2n) is 7.73. The van der Waals surface area contributed by atoms with Gasteiger partial charge in [-0.25, -0.2) is 0 Å². The van der Waals surface area contributed by atoms with Gasteiger partial charge in [-0.1, -0.05) is 81.4 Å². The molecule has 0 unspecified atom stereocenters. The minimum absolute atomic E-state index is 0.0707. The molecule has 1 radical (unpaired) electrons. The van der Waals surface area contributed by atoms with Gasteiger partial charge in [0.15, 0.2) is 0 Å². The van der Waals surface area contributed by atoms with Gasteiger partial charge >= 0.3 is 0 Å². The summed E-state index contributed by atoms with van der Waals surface area (Å²) < 4.78 is 6.86. The van der Waals surface area contributed by atoms with Crippen LogP contribution in [0.15, 0.2) is 60.7 Å². The van der Waals surface area contributed by atoms with Gasteiger partial charge < -0.3 is 4.43 Å². The van der Waals surface area contributed by atoms with Crippen LogP contribution < -0.4 is 10.4 Å². The first-order valence-corrected chi connectivity index (χ1v) is 10.4. The summed E-state index contributed by atoms with van der Waals surface area (Å²) in [5, 5.41) is 2.79. The first-order chi connectivity index (χ1) is 10.9. The molecule has 0 bridgehead atoms. The first kappa shape index (κ1) is 16.5. The van der Waals surface area contributed by atoms with Crippen molar-refractivity contribution in [3.8, 4) is 0 Å². The highest BCUT2D eigenvalue weighted by atomic mass is 28.4. The van der Waals surface area contributed by atoms with E-state index < -0.39 is 8.32 Å². The van der Waals surface area contributed by atoms with E-state index in [2.05, 4.69) is 88.4 Å². The maximum atomic E-state index is 6.86. The van der Waals surface area contributed by atoms with Crippen LogP contribution in [-0.2, 0) is 4.43 Å². The molecule has 0 saturated heterocycles. The third kappa shape index (κ3) is 3.15. The maximum absolute atomic E-state index is 6.86. The molecule has 1 nitrogen and oxygen atoms in total. The molecule has 0 aliphatic heterocycles. The fourth-order valence-electron chi connectivity index (χ4n) is 3.51. The van der Waals surface area contributed by atoms with Gasteiger partial charge in [0.25, 0.3) is 8.32 Å². The molecular formula is C21H27OSi. The number of hydrogen-bond donors (Lipinski definition) is 0. The first-order valence-electron chi connectivity index (χ1n) is 8.53. The van der Waals surface area contributed by atoms with Crippen molar-refractivity contribution < 1.29 is 4.43 Å². The van der Waals surface area contributed by atoms with Crippen molar-refractivity contribution in [2.24, 2.45) is 11.8 Å². The van der Waals surface area contributed by atoms with Crippen LogP contribution in [-0.4, -0.2) is 14.9 Å². The predicted molar refractivity (Wildman–Crippen MR) is 101 cm³/mol. The van der Waals surface area contributed by atoms with Crippen molar-refractivity contribution in [1.29, 1.82) is 0 Å². The quantitative estimate of drug-likeness (QED) is 0.755. The topological polar surface area (TPSA) is 9.23 Å². The van der Waals surface area contributed by atoms with Gasteiger partial charge in [0, 0.05) is 6.61 Å². The van der Waals surface area contributed by atoms with Gasteiger partial charge in [-0.2, -0.15) is 0 Å². The normalized spacial score (nSPS) is 21.2. The number of rotatable bonds is 5. The van der Waals surface area contributed by atoms with Crippen LogP contribution in [0.5, 0.6) is 0 Å². The average Bonchev–Trinajstić information content (AvgIpc) is 3.24. The molecule has 23 heavy (non-hydrogen) atoms. The third-order valence-electron chi connectivity index (χ3n) is 5.00. The standard InChI is InChI=1S/C21H27OSi/c1-17-15-18(17)16-22-23(21(2,3)4,19-11-7-5-8-12-19)20-13-9-6-10-14-20/h5-14,17-18H,1,15-16H2,2-4H3/t17-,18+/m1/s1. The molecule has 2 aromatic rings. The molecule has 1 aliphatic carbocycles. The Bertz CT molecular complexity index is 590. The third-order valence-corrected chi connectivity index (χ3v) is 10.0. The van der Waals surface area contributed by atoms with Crippen molar-refractivity contribution in [1.82, 2.24) is 0 Å². The molecule has 1 saturated carbocycles. The van der Waals surface area contributed by atoms with Gasteiger partial charge in [-0.05, 0) is 40.6 Å². The van der Waals surface area contributed by atoms with E-state index in [0.717, 1.165) is 6.61 Å². The van der Waals surface area contributed by atoms with E-state index in [9.17, 15) is 0 Å². The molecule has 1 fully saturated rings. The number of benzene rings is 2. The number of hydrogen-bond acceptors (Lipinski definition) is 1. The molecule has 0 N–H and O–H groups in total. The SMILES string of the molecule is [CH2][C@@H]1C[C@H]1CO[Si](c1ccccc1)(c1ccccc1)C(C)(C)C. The van der Waals surface area contributed by atoms with E-state index in [4.69, 9.17) is 4.43 Å². The summed E-state index contributed by atoms with van der Waals surface area (Å²) in [6, 6.07) is 21.7. The largest absolute Gasteiger partial charge is 0.407 e. The van der Waals surface area contributed by atoms with Crippen LogP contribution in [0.1, 0.15) is 27.2 Å². The second kappa shape index (κ2) is 6.25. The van der Waals surface area contributed by atoms with Crippen molar-refractivity contribution >= 4 is 18.7 Å². The Morgan fingerprint density at radius 3 is 1.74 bits per heavy atom. The van der Waals surface area contributed by atoms with E-state index in [1.54, 1.807) is 0 Å². The smallest absolute Gasteiger partial charge is 0.261 e. The van der Waals surface area contributed by atoms with Crippen LogP contribution in [0.4, 0.5) is 0 Å². The molecular weight excluding hydrogens is 296 g/mol. The average molecular weight is 324 g/mol.